The molecule has 0 spiro atoms. The monoisotopic (exact) mass is 231 g/mol. The molecule has 0 radical (unpaired) electrons. The van der Waals surface area contributed by atoms with Crippen molar-refractivity contribution in [1.82, 2.24) is 0 Å². The normalized spacial score (nSPS) is 29.1. The van der Waals surface area contributed by atoms with E-state index in [0.717, 1.165) is 11.8 Å². The molecule has 0 heterocycles. The van der Waals surface area contributed by atoms with Crippen LogP contribution < -0.4 is 5.32 Å². The molecule has 1 aromatic carbocycles. The highest BCUT2D eigenvalue weighted by atomic mass is 14.9. The van der Waals surface area contributed by atoms with Gasteiger partial charge in [0.05, 0.1) is 0 Å². The van der Waals surface area contributed by atoms with Crippen molar-refractivity contribution in [1.29, 1.82) is 0 Å². The van der Waals surface area contributed by atoms with Crippen LogP contribution >= 0.6 is 0 Å². The lowest BCUT2D eigenvalue weighted by atomic mass is 9.78. The molecule has 1 N–H and O–H groups in total. The number of hydrogen-bond acceptors (Lipinski definition) is 1. The highest BCUT2D eigenvalue weighted by Gasteiger charge is 2.27. The van der Waals surface area contributed by atoms with Gasteiger partial charge in [-0.3, -0.25) is 0 Å². The van der Waals surface area contributed by atoms with Gasteiger partial charge in [0, 0.05) is 11.7 Å². The van der Waals surface area contributed by atoms with Gasteiger partial charge in [-0.25, -0.2) is 0 Å². The van der Waals surface area contributed by atoms with E-state index in [0.29, 0.717) is 6.04 Å². The fraction of sp³-hybridized carbons (Fsp3) is 0.625. The van der Waals surface area contributed by atoms with Crippen LogP contribution in [-0.2, 0) is 0 Å². The zero-order chi connectivity index (χ0) is 12.4. The van der Waals surface area contributed by atoms with Crippen LogP contribution in [0.25, 0.3) is 0 Å². The molecule has 1 heteroatoms. The van der Waals surface area contributed by atoms with E-state index in [1.807, 2.05) is 0 Å². The van der Waals surface area contributed by atoms with Crippen LogP contribution in [0.15, 0.2) is 18.2 Å². The van der Waals surface area contributed by atoms with Crippen LogP contribution in [0.2, 0.25) is 0 Å². The average Bonchev–Trinajstić information content (AvgIpc) is 2.31. The third kappa shape index (κ3) is 2.65. The summed E-state index contributed by atoms with van der Waals surface area (Å²) in [6.07, 6.45) is 4.08. The second-order valence-corrected chi connectivity index (χ2v) is 5.77. The lowest BCUT2D eigenvalue weighted by molar-refractivity contribution is 0.253. The topological polar surface area (TPSA) is 12.0 Å². The molecule has 1 aromatic rings. The van der Waals surface area contributed by atoms with Gasteiger partial charge in [-0.2, -0.15) is 0 Å². The van der Waals surface area contributed by atoms with Gasteiger partial charge in [0.25, 0.3) is 0 Å². The number of benzene rings is 1. The fourth-order valence-electron chi connectivity index (χ4n) is 2.89. The minimum atomic E-state index is 0.652. The number of hydrogen-bond donors (Lipinski definition) is 1. The van der Waals surface area contributed by atoms with Crippen molar-refractivity contribution < 1.29 is 0 Å². The Kier molecular flexibility index (Phi) is 3.76. The van der Waals surface area contributed by atoms with Crippen molar-refractivity contribution in [2.24, 2.45) is 11.8 Å². The van der Waals surface area contributed by atoms with Crippen molar-refractivity contribution in [2.45, 2.75) is 53.0 Å². The van der Waals surface area contributed by atoms with Crippen molar-refractivity contribution in [3.63, 3.8) is 0 Å². The second kappa shape index (κ2) is 5.12. The van der Waals surface area contributed by atoms with Gasteiger partial charge < -0.3 is 5.32 Å². The molecule has 0 aliphatic heterocycles. The first-order valence-electron chi connectivity index (χ1n) is 6.92. The summed E-state index contributed by atoms with van der Waals surface area (Å²) < 4.78 is 0. The summed E-state index contributed by atoms with van der Waals surface area (Å²) in [7, 11) is 0. The Labute approximate surface area is 106 Å². The van der Waals surface area contributed by atoms with Gasteiger partial charge in [0.1, 0.15) is 0 Å². The molecule has 0 amide bonds. The number of anilines is 1. The quantitative estimate of drug-likeness (QED) is 0.788. The number of aryl methyl sites for hydroxylation is 1. The van der Waals surface area contributed by atoms with Crippen molar-refractivity contribution in [3.8, 4) is 0 Å². The van der Waals surface area contributed by atoms with E-state index in [-0.39, 0.29) is 0 Å². The Morgan fingerprint density at radius 2 is 1.88 bits per heavy atom. The van der Waals surface area contributed by atoms with Crippen LogP contribution in [0.5, 0.6) is 0 Å². The first-order chi connectivity index (χ1) is 8.09. The summed E-state index contributed by atoms with van der Waals surface area (Å²) in [6, 6.07) is 7.21. The Bertz CT molecular complexity index is 383. The lowest BCUT2D eigenvalue weighted by Crippen LogP contribution is -2.35. The molecule has 2 rings (SSSR count). The minimum Gasteiger partial charge on any atom is -0.382 e. The summed E-state index contributed by atoms with van der Waals surface area (Å²) in [4.78, 5) is 0. The molecule has 3 unspecified atom stereocenters. The smallest absolute Gasteiger partial charge is 0.0374 e. The third-order valence-corrected chi connectivity index (χ3v) is 4.65. The van der Waals surface area contributed by atoms with Crippen molar-refractivity contribution in [2.75, 3.05) is 5.32 Å². The Morgan fingerprint density at radius 3 is 2.65 bits per heavy atom. The summed E-state index contributed by atoms with van der Waals surface area (Å²) >= 11 is 0. The summed E-state index contributed by atoms with van der Waals surface area (Å²) in [5.41, 5.74) is 4.11. The van der Waals surface area contributed by atoms with Crippen molar-refractivity contribution >= 4 is 5.69 Å². The zero-order valence-electron chi connectivity index (χ0n) is 11.6. The van der Waals surface area contributed by atoms with Crippen LogP contribution in [0, 0.1) is 25.7 Å². The molecular formula is C16H25N. The third-order valence-electron chi connectivity index (χ3n) is 4.65. The highest BCUT2D eigenvalue weighted by Crippen LogP contribution is 2.32. The summed E-state index contributed by atoms with van der Waals surface area (Å²) in [6.45, 7) is 9.19. The first kappa shape index (κ1) is 12.5. The molecular weight excluding hydrogens is 206 g/mol. The van der Waals surface area contributed by atoms with Gasteiger partial charge in [0.15, 0.2) is 0 Å². The Morgan fingerprint density at radius 1 is 1.12 bits per heavy atom. The summed E-state index contributed by atoms with van der Waals surface area (Å²) in [5.74, 6) is 1.63. The standard InChI is InChI=1S/C16H25N/c1-11-7-5-9-15(13(11)3)17-16-10-6-8-12(2)14(16)4/h5,7,9,12,14,16-17H,6,8,10H2,1-4H3. The largest absolute Gasteiger partial charge is 0.382 e. The second-order valence-electron chi connectivity index (χ2n) is 5.77. The van der Waals surface area contributed by atoms with E-state index in [4.69, 9.17) is 0 Å². The van der Waals surface area contributed by atoms with E-state index in [9.17, 15) is 0 Å². The molecule has 1 nitrogen and oxygen atoms in total. The van der Waals surface area contributed by atoms with Gasteiger partial charge in [-0.05, 0) is 49.3 Å². The molecule has 0 bridgehead atoms. The molecule has 1 aliphatic rings. The van der Waals surface area contributed by atoms with E-state index in [1.165, 1.54) is 36.1 Å². The molecule has 3 atom stereocenters. The molecule has 1 fully saturated rings. The van der Waals surface area contributed by atoms with E-state index >= 15 is 0 Å². The van der Waals surface area contributed by atoms with E-state index in [1.54, 1.807) is 0 Å². The lowest BCUT2D eigenvalue weighted by Gasteiger charge is -2.35. The van der Waals surface area contributed by atoms with Crippen LogP contribution in [0.1, 0.15) is 44.2 Å². The van der Waals surface area contributed by atoms with Crippen LogP contribution in [0.4, 0.5) is 5.69 Å². The minimum absolute atomic E-state index is 0.652. The zero-order valence-corrected chi connectivity index (χ0v) is 11.6. The van der Waals surface area contributed by atoms with Gasteiger partial charge in [-0.15, -0.1) is 0 Å². The fourth-order valence-corrected chi connectivity index (χ4v) is 2.89. The number of rotatable bonds is 2. The highest BCUT2D eigenvalue weighted by molar-refractivity contribution is 5.54. The molecule has 0 saturated heterocycles. The van der Waals surface area contributed by atoms with E-state index in [2.05, 4.69) is 51.2 Å². The summed E-state index contributed by atoms with van der Waals surface area (Å²) in [5, 5.41) is 3.77. The van der Waals surface area contributed by atoms with Crippen molar-refractivity contribution in [3.05, 3.63) is 29.3 Å². The SMILES string of the molecule is Cc1cccc(NC2CCCC(C)C2C)c1C. The molecule has 1 aliphatic carbocycles. The molecule has 94 valence electrons. The maximum atomic E-state index is 3.77. The number of nitrogens with one attached hydrogen (secondary N) is 1. The Hall–Kier alpha value is -0.980. The van der Waals surface area contributed by atoms with Gasteiger partial charge in [0.2, 0.25) is 0 Å². The average molecular weight is 231 g/mol. The predicted octanol–water partition coefficient (Wildman–Crippen LogP) is 4.54. The van der Waals surface area contributed by atoms with Gasteiger partial charge >= 0.3 is 0 Å². The first-order valence-corrected chi connectivity index (χ1v) is 6.92. The molecule has 0 aromatic heterocycles. The molecule has 17 heavy (non-hydrogen) atoms. The van der Waals surface area contributed by atoms with Crippen LogP contribution in [0.3, 0.4) is 0 Å². The van der Waals surface area contributed by atoms with E-state index < -0.39 is 0 Å². The maximum absolute atomic E-state index is 3.77. The molecule has 1 saturated carbocycles. The van der Waals surface area contributed by atoms with Gasteiger partial charge in [-0.1, -0.05) is 38.8 Å². The Balaban J connectivity index is 2.12. The van der Waals surface area contributed by atoms with Crippen LogP contribution in [-0.4, -0.2) is 6.04 Å². The maximum Gasteiger partial charge on any atom is 0.0374 e. The predicted molar refractivity (Wildman–Crippen MR) is 75.5 cm³/mol.